The summed E-state index contributed by atoms with van der Waals surface area (Å²) in [6.07, 6.45) is 0. The number of aliphatic hydroxyl groups is 1. The third-order valence-corrected chi connectivity index (χ3v) is 6.36. The Kier molecular flexibility index (Phi) is 5.80. The zero-order valence-corrected chi connectivity index (χ0v) is 18.6. The van der Waals surface area contributed by atoms with Crippen molar-refractivity contribution >= 4 is 33.9 Å². The lowest BCUT2D eigenvalue weighted by molar-refractivity contribution is -0.132. The van der Waals surface area contributed by atoms with Crippen LogP contribution in [0.4, 0.5) is 9.52 Å². The van der Waals surface area contributed by atoms with E-state index in [1.54, 1.807) is 24.3 Å². The van der Waals surface area contributed by atoms with Crippen LogP contribution in [0.15, 0.2) is 54.1 Å². The minimum Gasteiger partial charge on any atom is -0.507 e. The Balaban J connectivity index is 1.89. The van der Waals surface area contributed by atoms with Gasteiger partial charge >= 0.3 is 5.91 Å². The van der Waals surface area contributed by atoms with Gasteiger partial charge in [0.1, 0.15) is 17.3 Å². The number of thiazole rings is 1. The van der Waals surface area contributed by atoms with Gasteiger partial charge in [-0.05, 0) is 62.7 Å². The van der Waals surface area contributed by atoms with Crippen molar-refractivity contribution in [1.82, 2.24) is 4.98 Å². The highest BCUT2D eigenvalue weighted by atomic mass is 32.1. The maximum Gasteiger partial charge on any atom is 0.301 e. The van der Waals surface area contributed by atoms with Crippen molar-refractivity contribution < 1.29 is 23.8 Å². The van der Waals surface area contributed by atoms with Crippen LogP contribution in [0.2, 0.25) is 0 Å². The van der Waals surface area contributed by atoms with Gasteiger partial charge < -0.3 is 9.84 Å². The second-order valence-corrected chi connectivity index (χ2v) is 8.50. The number of halogens is 1. The van der Waals surface area contributed by atoms with Gasteiger partial charge in [-0.15, -0.1) is 11.3 Å². The van der Waals surface area contributed by atoms with Crippen molar-refractivity contribution in [2.75, 3.05) is 11.5 Å². The van der Waals surface area contributed by atoms with Crippen molar-refractivity contribution in [1.29, 1.82) is 0 Å². The molecule has 1 saturated heterocycles. The summed E-state index contributed by atoms with van der Waals surface area (Å²) in [4.78, 5) is 32.8. The third-order valence-electron chi connectivity index (χ3n) is 5.29. The fourth-order valence-corrected chi connectivity index (χ4v) is 4.52. The Hall–Kier alpha value is -3.52. The van der Waals surface area contributed by atoms with Crippen molar-refractivity contribution in [2.45, 2.75) is 26.8 Å². The zero-order chi connectivity index (χ0) is 23.0. The molecular weight excluding hydrogens is 431 g/mol. The monoisotopic (exact) mass is 452 g/mol. The van der Waals surface area contributed by atoms with Gasteiger partial charge in [0, 0.05) is 10.4 Å². The molecule has 1 aromatic heterocycles. The van der Waals surface area contributed by atoms with Crippen LogP contribution in [0.1, 0.15) is 34.7 Å². The highest BCUT2D eigenvalue weighted by Crippen LogP contribution is 2.43. The molecule has 164 valence electrons. The highest BCUT2D eigenvalue weighted by molar-refractivity contribution is 7.16. The number of aryl methyl sites for hydroxylation is 2. The lowest BCUT2D eigenvalue weighted by Gasteiger charge is -2.23. The van der Waals surface area contributed by atoms with Crippen LogP contribution in [-0.4, -0.2) is 28.4 Å². The van der Waals surface area contributed by atoms with Crippen molar-refractivity contribution in [3.05, 3.63) is 81.6 Å². The van der Waals surface area contributed by atoms with Gasteiger partial charge in [0.15, 0.2) is 5.13 Å². The predicted octanol–water partition coefficient (Wildman–Crippen LogP) is 4.92. The number of rotatable bonds is 5. The molecule has 2 aromatic carbocycles. The molecular formula is C24H21FN2O4S. The minimum absolute atomic E-state index is 0.0729. The summed E-state index contributed by atoms with van der Waals surface area (Å²) >= 11 is 1.28. The second kappa shape index (κ2) is 8.55. The first-order valence-electron chi connectivity index (χ1n) is 10.1. The van der Waals surface area contributed by atoms with Gasteiger partial charge in [0.25, 0.3) is 5.78 Å². The fourth-order valence-electron chi connectivity index (χ4n) is 3.58. The molecule has 4 rings (SSSR count). The van der Waals surface area contributed by atoms with E-state index in [-0.39, 0.29) is 11.3 Å². The molecule has 1 aliphatic rings. The summed E-state index contributed by atoms with van der Waals surface area (Å²) in [7, 11) is 0. The molecule has 0 spiro atoms. The lowest BCUT2D eigenvalue weighted by Crippen LogP contribution is -2.29. The number of Topliss-reactive ketones (excluding diaryl/α,β-unsaturated/α-hetero) is 1. The minimum atomic E-state index is -0.938. The third kappa shape index (κ3) is 3.78. The number of benzene rings is 2. The van der Waals surface area contributed by atoms with E-state index in [4.69, 9.17) is 4.74 Å². The average Bonchev–Trinajstić information content (AvgIpc) is 3.24. The molecule has 1 aliphatic heterocycles. The van der Waals surface area contributed by atoms with Gasteiger partial charge in [-0.3, -0.25) is 14.5 Å². The molecule has 8 heteroatoms. The number of hydrogen-bond donors (Lipinski definition) is 1. The van der Waals surface area contributed by atoms with E-state index in [0.29, 0.717) is 28.6 Å². The lowest BCUT2D eigenvalue weighted by atomic mass is 9.95. The number of anilines is 1. The number of ketones is 1. The number of carbonyl (C=O) groups is 2. The maximum atomic E-state index is 13.6. The first-order valence-corrected chi connectivity index (χ1v) is 10.9. The van der Waals surface area contributed by atoms with Crippen LogP contribution in [0, 0.1) is 19.7 Å². The molecule has 0 saturated carbocycles. The van der Waals surface area contributed by atoms with Crippen LogP contribution in [0.5, 0.6) is 5.75 Å². The Morgan fingerprint density at radius 1 is 1.12 bits per heavy atom. The van der Waals surface area contributed by atoms with E-state index in [2.05, 4.69) is 4.98 Å². The Bertz CT molecular complexity index is 1200. The summed E-state index contributed by atoms with van der Waals surface area (Å²) in [6, 6.07) is 11.2. The zero-order valence-electron chi connectivity index (χ0n) is 17.8. The van der Waals surface area contributed by atoms with E-state index in [1.165, 1.54) is 40.5 Å². The number of nitrogens with zero attached hydrogens (tertiary/aromatic N) is 2. The molecule has 1 fully saturated rings. The van der Waals surface area contributed by atoms with E-state index in [0.717, 1.165) is 10.6 Å². The molecule has 0 aliphatic carbocycles. The molecule has 32 heavy (non-hydrogen) atoms. The number of ether oxygens (including phenoxy) is 1. The van der Waals surface area contributed by atoms with Crippen LogP contribution in [-0.2, 0) is 9.59 Å². The number of hydrogen-bond acceptors (Lipinski definition) is 6. The average molecular weight is 453 g/mol. The second-order valence-electron chi connectivity index (χ2n) is 7.32. The smallest absolute Gasteiger partial charge is 0.301 e. The topological polar surface area (TPSA) is 79.7 Å². The first-order chi connectivity index (χ1) is 15.3. The molecule has 3 aromatic rings. The quantitative estimate of drug-likeness (QED) is 0.338. The van der Waals surface area contributed by atoms with Gasteiger partial charge in [-0.2, -0.15) is 0 Å². The Labute approximate surface area is 188 Å². The van der Waals surface area contributed by atoms with E-state index in [1.807, 2.05) is 20.8 Å². The maximum absolute atomic E-state index is 13.6. The van der Waals surface area contributed by atoms with Crippen molar-refractivity contribution in [2.24, 2.45) is 0 Å². The molecule has 6 nitrogen and oxygen atoms in total. The van der Waals surface area contributed by atoms with Gasteiger partial charge in [0.05, 0.1) is 23.9 Å². The van der Waals surface area contributed by atoms with Crippen molar-refractivity contribution in [3.63, 3.8) is 0 Å². The van der Waals surface area contributed by atoms with Gasteiger partial charge in [-0.1, -0.05) is 12.1 Å². The van der Waals surface area contributed by atoms with Crippen LogP contribution < -0.4 is 9.64 Å². The highest BCUT2D eigenvalue weighted by Gasteiger charge is 2.48. The summed E-state index contributed by atoms with van der Waals surface area (Å²) in [5, 5.41) is 11.4. The Morgan fingerprint density at radius 3 is 2.34 bits per heavy atom. The predicted molar refractivity (Wildman–Crippen MR) is 120 cm³/mol. The first kappa shape index (κ1) is 21.7. The standard InChI is InChI=1S/C24H21FN2O4S/c1-4-31-18-11-7-16(8-12-18)21(28)19-20(15-5-9-17(25)10-6-15)27(23(30)22(19)29)24-26-13(2)14(3)32-24/h5-12,20,28H,4H2,1-3H3/b21-19+. The summed E-state index contributed by atoms with van der Waals surface area (Å²) in [6.45, 7) is 6.05. The summed E-state index contributed by atoms with van der Waals surface area (Å²) in [5.41, 5.74) is 1.53. The molecule has 1 unspecified atom stereocenters. The largest absolute Gasteiger partial charge is 0.507 e. The van der Waals surface area contributed by atoms with Crippen molar-refractivity contribution in [3.8, 4) is 5.75 Å². The molecule has 0 bridgehead atoms. The molecule has 1 amide bonds. The van der Waals surface area contributed by atoms with Gasteiger partial charge in [-0.25, -0.2) is 9.37 Å². The summed E-state index contributed by atoms with van der Waals surface area (Å²) in [5.74, 6) is -1.75. The van der Waals surface area contributed by atoms with E-state index in [9.17, 15) is 19.1 Å². The van der Waals surface area contributed by atoms with Gasteiger partial charge in [0.2, 0.25) is 0 Å². The molecule has 2 heterocycles. The van der Waals surface area contributed by atoms with Crippen LogP contribution >= 0.6 is 11.3 Å². The number of amides is 1. The number of carbonyl (C=O) groups excluding carboxylic acids is 2. The number of aromatic nitrogens is 1. The van der Waals surface area contributed by atoms with Crippen LogP contribution in [0.3, 0.4) is 0 Å². The molecule has 1 atom stereocenters. The van der Waals surface area contributed by atoms with Crippen LogP contribution in [0.25, 0.3) is 5.76 Å². The van der Waals surface area contributed by atoms with E-state index >= 15 is 0 Å². The SMILES string of the molecule is CCOc1ccc(/C(O)=C2\C(=O)C(=O)N(c3nc(C)c(C)s3)C2c2ccc(F)cc2)cc1. The van der Waals surface area contributed by atoms with E-state index < -0.39 is 23.5 Å². The number of aliphatic hydroxyl groups excluding tert-OH is 1. The molecule has 0 radical (unpaired) electrons. The normalized spacial score (nSPS) is 17.8. The molecule has 1 N–H and O–H groups in total. The fraction of sp³-hybridized carbons (Fsp3) is 0.208. The Morgan fingerprint density at radius 2 is 1.78 bits per heavy atom. The summed E-state index contributed by atoms with van der Waals surface area (Å²) < 4.78 is 19.0.